The van der Waals surface area contributed by atoms with Gasteiger partial charge in [0.15, 0.2) is 6.61 Å². The summed E-state index contributed by atoms with van der Waals surface area (Å²) in [6.07, 6.45) is -4.22. The van der Waals surface area contributed by atoms with Crippen molar-refractivity contribution >= 4 is 35.1 Å². The number of ether oxygens (including phenoxy) is 2. The number of carboxylic acid groups (broad SMARTS) is 1. The Labute approximate surface area is 257 Å². The third-order valence-electron chi connectivity index (χ3n) is 6.54. The Kier molecular flexibility index (Phi) is 10.3. The number of rotatable bonds is 2. The Morgan fingerprint density at radius 2 is 1.73 bits per heavy atom. The predicted molar refractivity (Wildman–Crippen MR) is 158 cm³/mol. The minimum atomic E-state index is -4.58. The van der Waals surface area contributed by atoms with E-state index in [0.717, 1.165) is 5.56 Å². The monoisotopic (exact) mass is 630 g/mol. The number of alkyl halides is 3. The fourth-order valence-electron chi connectivity index (χ4n) is 4.37. The van der Waals surface area contributed by atoms with E-state index in [1.807, 2.05) is 13.8 Å². The first-order valence-electron chi connectivity index (χ1n) is 14.0. The lowest BCUT2D eigenvalue weighted by molar-refractivity contribution is -0.156. The van der Waals surface area contributed by atoms with Crippen LogP contribution in [-0.2, 0) is 16.1 Å². The maximum atomic E-state index is 12.9. The quantitative estimate of drug-likeness (QED) is 0.303. The van der Waals surface area contributed by atoms with Crippen molar-refractivity contribution in [3.8, 4) is 11.8 Å². The molecule has 45 heavy (non-hydrogen) atoms. The Bertz CT molecular complexity index is 1500. The van der Waals surface area contributed by atoms with E-state index in [1.54, 1.807) is 48.5 Å². The number of aliphatic carboxylic acids is 1. The molecule has 2 amide bonds. The lowest BCUT2D eigenvalue weighted by Gasteiger charge is -2.32. The van der Waals surface area contributed by atoms with E-state index < -0.39 is 42.0 Å². The summed E-state index contributed by atoms with van der Waals surface area (Å²) in [5, 5.41) is 18.2. The standard InChI is InChI=1S/C30H33F3N6O6/c1-29(2)16-35-25(40)20-6-8-21(9-7-20)36-24-14-23(37-28(38-24)45-18-30(31,32)33)34-15-19-4-10-22(11-5-19)44-13-3-12-39(17-29)26(41)27(42)43/h4-11,14H,3,12-13,15-18H2,1-2H3,(H,35,40)(H,42,43)(H2,34,36,37,38). The van der Waals surface area contributed by atoms with Crippen molar-refractivity contribution in [3.63, 3.8) is 0 Å². The summed E-state index contributed by atoms with van der Waals surface area (Å²) in [7, 11) is 0. The summed E-state index contributed by atoms with van der Waals surface area (Å²) in [6, 6.07) is 14.4. The van der Waals surface area contributed by atoms with Crippen molar-refractivity contribution in [2.45, 2.75) is 33.0 Å². The number of nitrogens with one attached hydrogen (secondary N) is 3. The molecule has 0 spiro atoms. The van der Waals surface area contributed by atoms with E-state index in [1.165, 1.54) is 11.0 Å². The number of amides is 2. The molecule has 6 bridgehead atoms. The maximum Gasteiger partial charge on any atom is 0.422 e. The van der Waals surface area contributed by atoms with Gasteiger partial charge in [0.05, 0.1) is 6.61 Å². The molecule has 5 heterocycles. The molecule has 12 nitrogen and oxygen atoms in total. The van der Waals surface area contributed by atoms with Crippen LogP contribution in [0.3, 0.4) is 0 Å². The number of anilines is 3. The highest BCUT2D eigenvalue weighted by Crippen LogP contribution is 2.24. The van der Waals surface area contributed by atoms with Crippen molar-refractivity contribution < 1.29 is 42.1 Å². The number of benzene rings is 2. The fourth-order valence-corrected chi connectivity index (χ4v) is 4.37. The van der Waals surface area contributed by atoms with Gasteiger partial charge in [0.1, 0.15) is 17.4 Å². The molecule has 0 unspecified atom stereocenters. The first-order chi connectivity index (χ1) is 21.3. The zero-order valence-corrected chi connectivity index (χ0v) is 24.6. The molecule has 0 radical (unpaired) electrons. The van der Waals surface area contributed by atoms with Gasteiger partial charge in [-0.2, -0.15) is 23.1 Å². The van der Waals surface area contributed by atoms with E-state index in [9.17, 15) is 32.7 Å². The first-order valence-corrected chi connectivity index (χ1v) is 14.0. The SMILES string of the molecule is CC1(C)CNC(=O)c2ccc(cc2)Nc2cc(nc(OCC(F)(F)F)n2)NCc2ccc(cc2)OCCCN(C(=O)C(=O)O)C1. The van der Waals surface area contributed by atoms with Gasteiger partial charge >= 0.3 is 24.1 Å². The van der Waals surface area contributed by atoms with Crippen molar-refractivity contribution in [1.82, 2.24) is 20.2 Å². The van der Waals surface area contributed by atoms with Crippen LogP contribution in [0.4, 0.5) is 30.5 Å². The van der Waals surface area contributed by atoms with Crippen LogP contribution in [0.2, 0.25) is 0 Å². The van der Waals surface area contributed by atoms with Gasteiger partial charge in [-0.05, 0) is 53.8 Å². The van der Waals surface area contributed by atoms with Crippen molar-refractivity contribution in [3.05, 3.63) is 65.7 Å². The molecule has 7 rings (SSSR count). The second-order valence-corrected chi connectivity index (χ2v) is 11.1. The largest absolute Gasteiger partial charge is 0.494 e. The van der Waals surface area contributed by atoms with Gasteiger partial charge in [0, 0.05) is 43.5 Å². The second kappa shape index (κ2) is 14.1. The molecule has 15 heteroatoms. The average molecular weight is 631 g/mol. The van der Waals surface area contributed by atoms with Crippen molar-refractivity contribution in [1.29, 1.82) is 0 Å². The van der Waals surface area contributed by atoms with Crippen LogP contribution in [0, 0.1) is 5.41 Å². The van der Waals surface area contributed by atoms with Crippen LogP contribution < -0.4 is 25.4 Å². The molecule has 4 aliphatic heterocycles. The lowest BCUT2D eigenvalue weighted by atomic mass is 9.92. The van der Waals surface area contributed by atoms with Crippen LogP contribution in [0.1, 0.15) is 36.2 Å². The molecule has 3 aromatic rings. The molecule has 0 saturated heterocycles. The molecule has 0 fully saturated rings. The fraction of sp³-hybridized carbons (Fsp3) is 0.367. The third-order valence-corrected chi connectivity index (χ3v) is 6.54. The summed E-state index contributed by atoms with van der Waals surface area (Å²) >= 11 is 0. The first kappa shape index (κ1) is 32.8. The van der Waals surface area contributed by atoms with Gasteiger partial charge < -0.3 is 35.4 Å². The summed E-state index contributed by atoms with van der Waals surface area (Å²) in [5.41, 5.74) is 0.965. The highest BCUT2D eigenvalue weighted by molar-refractivity contribution is 6.31. The Hall–Kier alpha value is -5.08. The van der Waals surface area contributed by atoms with Crippen molar-refractivity contribution in [2.24, 2.45) is 5.41 Å². The van der Waals surface area contributed by atoms with Crippen LogP contribution in [0.5, 0.6) is 11.8 Å². The molecular weight excluding hydrogens is 597 g/mol. The van der Waals surface area contributed by atoms with Gasteiger partial charge in [0.25, 0.3) is 5.91 Å². The Morgan fingerprint density at radius 1 is 1.04 bits per heavy atom. The molecule has 240 valence electrons. The average Bonchev–Trinajstić information content (AvgIpc) is 2.99. The molecule has 2 aromatic carbocycles. The van der Waals surface area contributed by atoms with Crippen LogP contribution >= 0.6 is 0 Å². The summed E-state index contributed by atoms with van der Waals surface area (Å²) in [6.45, 7) is 2.89. The highest BCUT2D eigenvalue weighted by Gasteiger charge is 2.30. The van der Waals surface area contributed by atoms with Gasteiger partial charge in [-0.15, -0.1) is 0 Å². The number of hydrogen-bond acceptors (Lipinski definition) is 9. The zero-order chi connectivity index (χ0) is 32.6. The number of hydrogen-bond donors (Lipinski definition) is 4. The topological polar surface area (TPSA) is 155 Å². The summed E-state index contributed by atoms with van der Waals surface area (Å²) in [5.74, 6) is -2.09. The Morgan fingerprint density at radius 3 is 2.40 bits per heavy atom. The van der Waals surface area contributed by atoms with E-state index >= 15 is 0 Å². The van der Waals surface area contributed by atoms with E-state index in [2.05, 4.69) is 25.9 Å². The van der Waals surface area contributed by atoms with Crippen LogP contribution in [0.15, 0.2) is 54.6 Å². The van der Waals surface area contributed by atoms with Crippen LogP contribution in [-0.4, -0.2) is 76.8 Å². The second-order valence-electron chi connectivity index (χ2n) is 11.1. The molecular formula is C30H33F3N6O6. The number of aromatic nitrogens is 2. The minimum Gasteiger partial charge on any atom is -0.494 e. The molecule has 4 N–H and O–H groups in total. The van der Waals surface area contributed by atoms with Gasteiger partial charge in [-0.25, -0.2) is 4.79 Å². The molecule has 0 aliphatic carbocycles. The molecule has 1 aromatic heterocycles. The minimum absolute atomic E-state index is 0.0819. The Balaban J connectivity index is 1.59. The molecule has 0 saturated carbocycles. The smallest absolute Gasteiger partial charge is 0.422 e. The maximum absolute atomic E-state index is 12.9. The van der Waals surface area contributed by atoms with Gasteiger partial charge in [0.2, 0.25) is 0 Å². The highest BCUT2D eigenvalue weighted by atomic mass is 19.4. The third kappa shape index (κ3) is 10.3. The predicted octanol–water partition coefficient (Wildman–Crippen LogP) is 4.23. The van der Waals surface area contributed by atoms with E-state index in [4.69, 9.17) is 9.47 Å². The summed E-state index contributed by atoms with van der Waals surface area (Å²) < 4.78 is 49.0. The van der Waals surface area contributed by atoms with E-state index in [-0.39, 0.29) is 44.4 Å². The lowest BCUT2D eigenvalue weighted by Crippen LogP contribution is -2.47. The molecule has 0 atom stereocenters. The van der Waals surface area contributed by atoms with Gasteiger partial charge in [-0.1, -0.05) is 26.0 Å². The number of carbonyl (C=O) groups is 3. The number of carboxylic acids is 1. The number of carbonyl (C=O) groups excluding carboxylic acids is 2. The van der Waals surface area contributed by atoms with E-state index in [0.29, 0.717) is 23.4 Å². The van der Waals surface area contributed by atoms with Crippen LogP contribution in [0.25, 0.3) is 0 Å². The number of halogens is 3. The zero-order valence-electron chi connectivity index (χ0n) is 24.6. The molecule has 4 aliphatic rings. The van der Waals surface area contributed by atoms with Gasteiger partial charge in [-0.3, -0.25) is 9.59 Å². The number of nitrogens with zero attached hydrogens (tertiary/aromatic N) is 3. The summed E-state index contributed by atoms with van der Waals surface area (Å²) in [4.78, 5) is 46.1. The van der Waals surface area contributed by atoms with Crippen molar-refractivity contribution in [2.75, 3.05) is 43.5 Å². The normalized spacial score (nSPS) is 15.9.